The molecule has 0 spiro atoms. The Balaban J connectivity index is 1.57. The van der Waals surface area contributed by atoms with Gasteiger partial charge in [-0.1, -0.05) is 54.4 Å². The second kappa shape index (κ2) is 8.40. The van der Waals surface area contributed by atoms with Gasteiger partial charge in [0.15, 0.2) is 0 Å². The van der Waals surface area contributed by atoms with Gasteiger partial charge >= 0.3 is 0 Å². The van der Waals surface area contributed by atoms with Gasteiger partial charge in [0.05, 0.1) is 11.1 Å². The van der Waals surface area contributed by atoms with Gasteiger partial charge < -0.3 is 4.90 Å². The predicted molar refractivity (Wildman–Crippen MR) is 113 cm³/mol. The van der Waals surface area contributed by atoms with Crippen molar-refractivity contribution >= 4 is 39.2 Å². The summed E-state index contributed by atoms with van der Waals surface area (Å²) in [7, 11) is 0. The van der Waals surface area contributed by atoms with Gasteiger partial charge in [-0.3, -0.25) is 4.79 Å². The molecule has 3 aromatic rings. The van der Waals surface area contributed by atoms with E-state index in [1.807, 2.05) is 4.90 Å². The van der Waals surface area contributed by atoms with Crippen LogP contribution in [0.25, 0.3) is 21.3 Å². The third-order valence-corrected chi connectivity index (χ3v) is 6.85. The maximum atomic E-state index is 12.7. The largest absolute Gasteiger partial charge is 0.342 e. The predicted octanol–water partition coefficient (Wildman–Crippen LogP) is 5.16. The number of fused-ring (bicyclic) bond motifs is 1. The van der Waals surface area contributed by atoms with Crippen LogP contribution in [0.4, 0.5) is 0 Å². The lowest BCUT2D eigenvalue weighted by molar-refractivity contribution is -0.128. The van der Waals surface area contributed by atoms with Gasteiger partial charge in [-0.05, 0) is 25.3 Å². The molecule has 1 fully saturated rings. The Morgan fingerprint density at radius 1 is 1.11 bits per heavy atom. The van der Waals surface area contributed by atoms with Gasteiger partial charge in [0.1, 0.15) is 16.2 Å². The average molecular weight is 398 g/mol. The highest BCUT2D eigenvalue weighted by atomic mass is 32.2. The molecular weight excluding hydrogens is 374 g/mol. The number of likely N-dealkylation sites (tertiary alicyclic amines) is 1. The summed E-state index contributed by atoms with van der Waals surface area (Å²) in [5.41, 5.74) is 3.56. The molecule has 0 radical (unpaired) electrons. The molecule has 1 amide bonds. The van der Waals surface area contributed by atoms with Gasteiger partial charge in [0.2, 0.25) is 5.91 Å². The lowest BCUT2D eigenvalue weighted by atomic mass is 10.1. The van der Waals surface area contributed by atoms with Crippen LogP contribution in [0.1, 0.15) is 31.2 Å². The molecule has 2 aromatic heterocycles. The number of hydrogen-bond donors (Lipinski definition) is 0. The SMILES string of the molecule is Cc1ccc(-c2csc3ncnc(SCC(=O)N4CCCCCC4)c23)cc1. The highest BCUT2D eigenvalue weighted by Gasteiger charge is 2.18. The fraction of sp³-hybridized carbons (Fsp3) is 0.381. The standard InChI is InChI=1S/C21H23N3OS2/c1-15-6-8-16(9-7-15)17-12-26-20-19(17)21(23-14-22-20)27-13-18(25)24-10-4-2-3-5-11-24/h6-9,12,14H,2-5,10-11,13H2,1H3. The van der Waals surface area contributed by atoms with Crippen LogP contribution in [0.5, 0.6) is 0 Å². The molecule has 6 heteroatoms. The van der Waals surface area contributed by atoms with Crippen molar-refractivity contribution in [1.82, 2.24) is 14.9 Å². The number of hydrogen-bond acceptors (Lipinski definition) is 5. The Bertz CT molecular complexity index is 928. The van der Waals surface area contributed by atoms with Crippen LogP contribution in [0, 0.1) is 6.92 Å². The summed E-state index contributed by atoms with van der Waals surface area (Å²) in [5.74, 6) is 0.663. The minimum atomic E-state index is 0.223. The van der Waals surface area contributed by atoms with Gasteiger partial charge in [-0.25, -0.2) is 9.97 Å². The molecule has 1 aromatic carbocycles. The maximum Gasteiger partial charge on any atom is 0.232 e. The number of aryl methyl sites for hydroxylation is 1. The Kier molecular flexibility index (Phi) is 5.74. The van der Waals surface area contributed by atoms with Crippen LogP contribution in [0.2, 0.25) is 0 Å². The monoisotopic (exact) mass is 397 g/mol. The van der Waals surface area contributed by atoms with Gasteiger partial charge in [-0.2, -0.15) is 0 Å². The number of carbonyl (C=O) groups is 1. The number of thioether (sulfide) groups is 1. The van der Waals surface area contributed by atoms with Crippen LogP contribution in [0.3, 0.4) is 0 Å². The number of thiophene rings is 1. The summed E-state index contributed by atoms with van der Waals surface area (Å²) >= 11 is 3.17. The summed E-state index contributed by atoms with van der Waals surface area (Å²) in [6, 6.07) is 8.53. The second-order valence-corrected chi connectivity index (χ2v) is 8.78. The summed E-state index contributed by atoms with van der Waals surface area (Å²) < 4.78 is 0. The number of carbonyl (C=O) groups excluding carboxylic acids is 1. The Labute approximate surface area is 168 Å². The van der Waals surface area contributed by atoms with E-state index in [-0.39, 0.29) is 5.91 Å². The first-order valence-corrected chi connectivity index (χ1v) is 11.3. The number of aromatic nitrogens is 2. The lowest BCUT2D eigenvalue weighted by Gasteiger charge is -2.19. The number of rotatable bonds is 4. The zero-order valence-electron chi connectivity index (χ0n) is 15.5. The van der Waals surface area contributed by atoms with E-state index in [4.69, 9.17) is 0 Å². The quantitative estimate of drug-likeness (QED) is 0.450. The van der Waals surface area contributed by atoms with Crippen molar-refractivity contribution in [2.24, 2.45) is 0 Å². The molecule has 1 aliphatic heterocycles. The molecule has 0 saturated carbocycles. The van der Waals surface area contributed by atoms with Crippen molar-refractivity contribution < 1.29 is 4.79 Å². The van der Waals surface area contributed by atoms with E-state index in [1.165, 1.54) is 35.7 Å². The Morgan fingerprint density at radius 3 is 2.59 bits per heavy atom. The summed E-state index contributed by atoms with van der Waals surface area (Å²) in [4.78, 5) is 24.6. The van der Waals surface area contributed by atoms with Gasteiger partial charge in [-0.15, -0.1) is 11.3 Å². The molecule has 0 unspecified atom stereocenters. The smallest absolute Gasteiger partial charge is 0.232 e. The topological polar surface area (TPSA) is 46.1 Å². The highest BCUT2D eigenvalue weighted by Crippen LogP contribution is 2.38. The molecule has 3 heterocycles. The Morgan fingerprint density at radius 2 is 1.85 bits per heavy atom. The van der Waals surface area contributed by atoms with Crippen molar-refractivity contribution in [1.29, 1.82) is 0 Å². The molecule has 0 aliphatic carbocycles. The van der Waals surface area contributed by atoms with Crippen molar-refractivity contribution in [3.8, 4) is 11.1 Å². The third-order valence-electron chi connectivity index (χ3n) is 4.99. The fourth-order valence-corrected chi connectivity index (χ4v) is 5.34. The van der Waals surface area contributed by atoms with Crippen LogP contribution < -0.4 is 0 Å². The van der Waals surface area contributed by atoms with Gasteiger partial charge in [0, 0.05) is 24.0 Å². The highest BCUT2D eigenvalue weighted by molar-refractivity contribution is 8.00. The Hall–Kier alpha value is -1.92. The lowest BCUT2D eigenvalue weighted by Crippen LogP contribution is -2.33. The van der Waals surface area contributed by atoms with E-state index >= 15 is 0 Å². The molecule has 0 bridgehead atoms. The van der Waals surface area contributed by atoms with Crippen molar-refractivity contribution in [2.75, 3.05) is 18.8 Å². The van der Waals surface area contributed by atoms with E-state index < -0.39 is 0 Å². The molecule has 27 heavy (non-hydrogen) atoms. The zero-order chi connectivity index (χ0) is 18.6. The average Bonchev–Trinajstić information content (AvgIpc) is 2.94. The number of benzene rings is 1. The van der Waals surface area contributed by atoms with Crippen molar-refractivity contribution in [3.05, 3.63) is 41.5 Å². The molecule has 0 atom stereocenters. The van der Waals surface area contributed by atoms with E-state index in [0.29, 0.717) is 5.75 Å². The normalized spacial score (nSPS) is 15.1. The van der Waals surface area contributed by atoms with E-state index in [2.05, 4.69) is 46.5 Å². The van der Waals surface area contributed by atoms with Crippen LogP contribution in [-0.4, -0.2) is 39.6 Å². The number of amides is 1. The van der Waals surface area contributed by atoms with Crippen LogP contribution >= 0.6 is 23.1 Å². The zero-order valence-corrected chi connectivity index (χ0v) is 17.1. The summed E-state index contributed by atoms with van der Waals surface area (Å²) in [5, 5.41) is 4.12. The van der Waals surface area contributed by atoms with E-state index in [9.17, 15) is 4.79 Å². The molecule has 1 saturated heterocycles. The molecule has 140 valence electrons. The minimum Gasteiger partial charge on any atom is -0.342 e. The molecule has 4 nitrogen and oxygen atoms in total. The first-order valence-electron chi connectivity index (χ1n) is 9.42. The molecule has 0 N–H and O–H groups in total. The first-order chi connectivity index (χ1) is 13.2. The number of nitrogens with zero attached hydrogens (tertiary/aromatic N) is 3. The maximum absolute atomic E-state index is 12.7. The van der Waals surface area contributed by atoms with Crippen LogP contribution in [-0.2, 0) is 4.79 Å². The molecule has 1 aliphatic rings. The van der Waals surface area contributed by atoms with E-state index in [1.54, 1.807) is 17.7 Å². The van der Waals surface area contributed by atoms with Crippen LogP contribution in [0.15, 0.2) is 41.0 Å². The summed E-state index contributed by atoms with van der Waals surface area (Å²) in [6.07, 6.45) is 6.32. The summed E-state index contributed by atoms with van der Waals surface area (Å²) in [6.45, 7) is 3.88. The first kappa shape index (κ1) is 18.4. The third kappa shape index (κ3) is 4.17. The van der Waals surface area contributed by atoms with Crippen molar-refractivity contribution in [3.63, 3.8) is 0 Å². The van der Waals surface area contributed by atoms with Crippen molar-refractivity contribution in [2.45, 2.75) is 37.6 Å². The fourth-order valence-electron chi connectivity index (χ4n) is 3.44. The molecule has 4 rings (SSSR count). The van der Waals surface area contributed by atoms with E-state index in [0.717, 1.165) is 46.7 Å². The van der Waals surface area contributed by atoms with Gasteiger partial charge in [0.25, 0.3) is 0 Å². The molecular formula is C21H23N3OS2. The second-order valence-electron chi connectivity index (χ2n) is 6.96. The minimum absolute atomic E-state index is 0.223.